The summed E-state index contributed by atoms with van der Waals surface area (Å²) in [6.45, 7) is 0. The molecule has 0 bridgehead atoms. The van der Waals surface area contributed by atoms with Gasteiger partial charge in [0.05, 0.1) is 7.05 Å². The van der Waals surface area contributed by atoms with Gasteiger partial charge in [-0.05, 0) is 17.6 Å². The minimum absolute atomic E-state index is 0.192. The summed E-state index contributed by atoms with van der Waals surface area (Å²) in [4.78, 5) is 1.48. The largest absolute Gasteiger partial charge is 0.327 e. The second-order valence-electron chi connectivity index (χ2n) is 4.55. The van der Waals surface area contributed by atoms with Crippen LogP contribution in [0.1, 0.15) is 37.9 Å². The molecule has 1 aromatic rings. The van der Waals surface area contributed by atoms with Gasteiger partial charge in [0.25, 0.3) is 0 Å². The van der Waals surface area contributed by atoms with Gasteiger partial charge in [0.2, 0.25) is 0 Å². The molecule has 0 radical (unpaired) electrons. The molecular formula is C10H19N5. The zero-order chi connectivity index (χ0) is 10.7. The van der Waals surface area contributed by atoms with Gasteiger partial charge in [0.1, 0.15) is 0 Å². The first-order valence-electron chi connectivity index (χ1n) is 5.72. The first kappa shape index (κ1) is 10.5. The third-order valence-electron chi connectivity index (χ3n) is 3.11. The summed E-state index contributed by atoms with van der Waals surface area (Å²) in [6, 6.07) is 0.192. The van der Waals surface area contributed by atoms with Crippen molar-refractivity contribution < 1.29 is 0 Å². The highest BCUT2D eigenvalue weighted by Crippen LogP contribution is 2.28. The summed E-state index contributed by atoms with van der Waals surface area (Å²) in [5.74, 6) is 1.60. The lowest BCUT2D eigenvalue weighted by Gasteiger charge is -2.14. The van der Waals surface area contributed by atoms with Crippen LogP contribution < -0.4 is 5.73 Å². The maximum absolute atomic E-state index is 6.08. The number of nitrogens with zero attached hydrogens (tertiary/aromatic N) is 4. The molecule has 0 aliphatic heterocycles. The average molecular weight is 209 g/mol. The van der Waals surface area contributed by atoms with Crippen molar-refractivity contribution in [2.24, 2.45) is 18.7 Å². The summed E-state index contributed by atoms with van der Waals surface area (Å²) < 4.78 is 0. The van der Waals surface area contributed by atoms with Crippen LogP contribution in [0.25, 0.3) is 0 Å². The molecule has 1 aliphatic rings. The molecule has 0 spiro atoms. The van der Waals surface area contributed by atoms with E-state index < -0.39 is 0 Å². The lowest BCUT2D eigenvalue weighted by Crippen LogP contribution is -2.26. The smallest absolute Gasteiger partial charge is 0.176 e. The van der Waals surface area contributed by atoms with Crippen LogP contribution in [0.15, 0.2) is 0 Å². The van der Waals surface area contributed by atoms with Crippen molar-refractivity contribution in [1.29, 1.82) is 0 Å². The highest BCUT2D eigenvalue weighted by atomic mass is 15.6. The fourth-order valence-corrected chi connectivity index (χ4v) is 2.40. The standard InChI is InChI=1S/C10H19N5/c1-15-13-10(12-14-15)7-9(11)6-8-4-2-3-5-8/h8-9H,2-7,11H2,1H3. The Balaban J connectivity index is 1.78. The summed E-state index contributed by atoms with van der Waals surface area (Å²) in [7, 11) is 1.78. The van der Waals surface area contributed by atoms with Gasteiger partial charge in [-0.15, -0.1) is 10.2 Å². The number of hydrogen-bond acceptors (Lipinski definition) is 4. The van der Waals surface area contributed by atoms with Gasteiger partial charge in [-0.2, -0.15) is 4.80 Å². The predicted molar refractivity (Wildman–Crippen MR) is 57.1 cm³/mol. The third kappa shape index (κ3) is 2.99. The quantitative estimate of drug-likeness (QED) is 0.791. The van der Waals surface area contributed by atoms with Gasteiger partial charge in [-0.1, -0.05) is 25.7 Å². The molecule has 0 amide bonds. The molecule has 1 fully saturated rings. The molecule has 5 heteroatoms. The SMILES string of the molecule is Cn1nnc(CC(N)CC2CCCC2)n1. The molecule has 15 heavy (non-hydrogen) atoms. The van der Waals surface area contributed by atoms with Crippen molar-refractivity contribution in [3.8, 4) is 0 Å². The van der Waals surface area contributed by atoms with Crippen LogP contribution in [0.4, 0.5) is 0 Å². The molecule has 5 nitrogen and oxygen atoms in total. The maximum atomic E-state index is 6.08. The van der Waals surface area contributed by atoms with Gasteiger partial charge in [0, 0.05) is 12.5 Å². The van der Waals surface area contributed by atoms with E-state index in [0.29, 0.717) is 0 Å². The van der Waals surface area contributed by atoms with Crippen LogP contribution in [-0.2, 0) is 13.5 Å². The Labute approximate surface area is 90.0 Å². The zero-order valence-electron chi connectivity index (χ0n) is 9.26. The van der Waals surface area contributed by atoms with E-state index in [1.807, 2.05) is 0 Å². The van der Waals surface area contributed by atoms with Crippen LogP contribution in [0, 0.1) is 5.92 Å². The first-order chi connectivity index (χ1) is 7.24. The van der Waals surface area contributed by atoms with E-state index in [0.717, 1.165) is 24.6 Å². The van der Waals surface area contributed by atoms with Gasteiger partial charge < -0.3 is 5.73 Å². The summed E-state index contributed by atoms with van der Waals surface area (Å²) in [5.41, 5.74) is 6.08. The van der Waals surface area contributed by atoms with E-state index in [1.165, 1.54) is 30.5 Å². The average Bonchev–Trinajstić information content (AvgIpc) is 2.77. The van der Waals surface area contributed by atoms with Gasteiger partial charge in [-0.3, -0.25) is 0 Å². The van der Waals surface area contributed by atoms with Crippen molar-refractivity contribution in [3.05, 3.63) is 5.82 Å². The number of rotatable bonds is 4. The summed E-state index contributed by atoms with van der Waals surface area (Å²) >= 11 is 0. The lowest BCUT2D eigenvalue weighted by molar-refractivity contribution is 0.436. The third-order valence-corrected chi connectivity index (χ3v) is 3.11. The molecule has 1 heterocycles. The summed E-state index contributed by atoms with van der Waals surface area (Å²) in [5, 5.41) is 11.9. The molecule has 0 saturated heterocycles. The van der Waals surface area contributed by atoms with Crippen LogP contribution in [0.5, 0.6) is 0 Å². The van der Waals surface area contributed by atoms with E-state index >= 15 is 0 Å². The van der Waals surface area contributed by atoms with E-state index in [9.17, 15) is 0 Å². The second-order valence-corrected chi connectivity index (χ2v) is 4.55. The zero-order valence-corrected chi connectivity index (χ0v) is 9.26. The van der Waals surface area contributed by atoms with Crippen LogP contribution >= 0.6 is 0 Å². The Kier molecular flexibility index (Phi) is 3.30. The van der Waals surface area contributed by atoms with E-state index in [4.69, 9.17) is 5.73 Å². The fraction of sp³-hybridized carbons (Fsp3) is 0.900. The Morgan fingerprint density at radius 3 is 2.80 bits per heavy atom. The predicted octanol–water partition coefficient (Wildman–Crippen LogP) is 0.660. The highest BCUT2D eigenvalue weighted by Gasteiger charge is 2.19. The van der Waals surface area contributed by atoms with Gasteiger partial charge in [-0.25, -0.2) is 0 Å². The van der Waals surface area contributed by atoms with Crippen molar-refractivity contribution >= 4 is 0 Å². The Morgan fingerprint density at radius 2 is 2.20 bits per heavy atom. The number of tetrazole rings is 1. The molecule has 0 aromatic carbocycles. The van der Waals surface area contributed by atoms with Crippen molar-refractivity contribution in [1.82, 2.24) is 20.2 Å². The molecular weight excluding hydrogens is 190 g/mol. The van der Waals surface area contributed by atoms with Crippen LogP contribution in [-0.4, -0.2) is 26.2 Å². The molecule has 84 valence electrons. The normalized spacial score (nSPS) is 19.6. The van der Waals surface area contributed by atoms with Crippen molar-refractivity contribution in [2.45, 2.75) is 44.6 Å². The molecule has 2 rings (SSSR count). The second kappa shape index (κ2) is 4.70. The molecule has 1 aliphatic carbocycles. The number of aromatic nitrogens is 4. The van der Waals surface area contributed by atoms with E-state index in [-0.39, 0.29) is 6.04 Å². The number of nitrogens with two attached hydrogens (primary N) is 1. The van der Waals surface area contributed by atoms with Gasteiger partial charge >= 0.3 is 0 Å². The molecule has 1 saturated carbocycles. The molecule has 1 unspecified atom stereocenters. The van der Waals surface area contributed by atoms with Crippen molar-refractivity contribution in [2.75, 3.05) is 0 Å². The highest BCUT2D eigenvalue weighted by molar-refractivity contribution is 4.84. The molecule has 2 N–H and O–H groups in total. The topological polar surface area (TPSA) is 69.6 Å². The van der Waals surface area contributed by atoms with Crippen molar-refractivity contribution in [3.63, 3.8) is 0 Å². The minimum Gasteiger partial charge on any atom is -0.327 e. The lowest BCUT2D eigenvalue weighted by atomic mass is 9.97. The van der Waals surface area contributed by atoms with E-state index in [2.05, 4.69) is 15.4 Å². The first-order valence-corrected chi connectivity index (χ1v) is 5.72. The van der Waals surface area contributed by atoms with Crippen LogP contribution in [0.2, 0.25) is 0 Å². The number of hydrogen-bond donors (Lipinski definition) is 1. The molecule has 1 atom stereocenters. The van der Waals surface area contributed by atoms with Gasteiger partial charge in [0.15, 0.2) is 5.82 Å². The van der Waals surface area contributed by atoms with Crippen LogP contribution in [0.3, 0.4) is 0 Å². The summed E-state index contributed by atoms with van der Waals surface area (Å²) in [6.07, 6.45) is 7.31. The fourth-order valence-electron chi connectivity index (χ4n) is 2.40. The Bertz CT molecular complexity index is 303. The maximum Gasteiger partial charge on any atom is 0.176 e. The van der Waals surface area contributed by atoms with E-state index in [1.54, 1.807) is 7.05 Å². The minimum atomic E-state index is 0.192. The Hall–Kier alpha value is -0.970. The monoisotopic (exact) mass is 209 g/mol. The number of aryl methyl sites for hydroxylation is 1. The Morgan fingerprint density at radius 1 is 1.47 bits per heavy atom. The molecule has 1 aromatic heterocycles.